The molecular weight excluding hydrogens is 172 g/mol. The van der Waals surface area contributed by atoms with Crippen molar-refractivity contribution in [1.29, 1.82) is 0 Å². The van der Waals surface area contributed by atoms with E-state index in [4.69, 9.17) is 0 Å². The minimum atomic E-state index is 0.649. The summed E-state index contributed by atoms with van der Waals surface area (Å²) in [5, 5.41) is 3.74. The molecule has 1 fully saturated rings. The molecule has 0 saturated carbocycles. The van der Waals surface area contributed by atoms with Gasteiger partial charge in [-0.15, -0.1) is 0 Å². The summed E-state index contributed by atoms with van der Waals surface area (Å²) in [4.78, 5) is 2.46. The summed E-state index contributed by atoms with van der Waals surface area (Å²) in [5.74, 6) is 0.741. The summed E-state index contributed by atoms with van der Waals surface area (Å²) < 4.78 is 0. The second kappa shape index (κ2) is 5.13. The van der Waals surface area contributed by atoms with Crippen LogP contribution in [0.2, 0.25) is 0 Å². The zero-order valence-corrected chi connectivity index (χ0v) is 10.4. The summed E-state index contributed by atoms with van der Waals surface area (Å²) in [6, 6.07) is 2.12. The molecule has 0 aliphatic carbocycles. The van der Waals surface area contributed by atoms with Crippen molar-refractivity contribution in [2.45, 2.75) is 58.7 Å². The highest BCUT2D eigenvalue weighted by Crippen LogP contribution is 2.16. The zero-order chi connectivity index (χ0) is 10.7. The Morgan fingerprint density at radius 2 is 1.93 bits per heavy atom. The van der Waals surface area contributed by atoms with Gasteiger partial charge in [0.1, 0.15) is 0 Å². The summed E-state index contributed by atoms with van der Waals surface area (Å²) in [5.41, 5.74) is 0. The monoisotopic (exact) mass is 198 g/mol. The molecule has 1 aliphatic rings. The van der Waals surface area contributed by atoms with Crippen LogP contribution in [0.3, 0.4) is 0 Å². The zero-order valence-electron chi connectivity index (χ0n) is 10.4. The van der Waals surface area contributed by atoms with Gasteiger partial charge in [-0.1, -0.05) is 13.8 Å². The fraction of sp³-hybridized carbons (Fsp3) is 1.00. The first-order chi connectivity index (χ1) is 6.50. The third kappa shape index (κ3) is 3.25. The van der Waals surface area contributed by atoms with Crippen molar-refractivity contribution >= 4 is 0 Å². The van der Waals surface area contributed by atoms with Crippen LogP contribution in [0.25, 0.3) is 0 Å². The highest BCUT2D eigenvalue weighted by Gasteiger charge is 2.23. The number of hydrogen-bond donors (Lipinski definition) is 1. The number of likely N-dealkylation sites (tertiary alicyclic amines) is 1. The number of rotatable bonds is 3. The quantitative estimate of drug-likeness (QED) is 0.747. The molecule has 1 aliphatic heterocycles. The third-order valence-corrected chi connectivity index (χ3v) is 3.71. The van der Waals surface area contributed by atoms with Crippen LogP contribution in [-0.4, -0.2) is 36.6 Å². The molecule has 1 N–H and O–H groups in total. The van der Waals surface area contributed by atoms with E-state index in [-0.39, 0.29) is 0 Å². The maximum atomic E-state index is 3.74. The standard InChI is InChI=1S/C12H26N2/c1-9(2)11(4)13-12-6-7-14(5)10(3)8-12/h9-13H,6-8H2,1-5H3. The van der Waals surface area contributed by atoms with E-state index in [0.29, 0.717) is 6.04 Å². The Morgan fingerprint density at radius 3 is 2.43 bits per heavy atom. The molecule has 2 heteroatoms. The van der Waals surface area contributed by atoms with Crippen LogP contribution in [0.1, 0.15) is 40.5 Å². The molecule has 2 nitrogen and oxygen atoms in total. The number of nitrogens with one attached hydrogen (secondary N) is 1. The van der Waals surface area contributed by atoms with Crippen molar-refractivity contribution in [3.8, 4) is 0 Å². The fourth-order valence-electron chi connectivity index (χ4n) is 2.01. The lowest BCUT2D eigenvalue weighted by atomic mass is 9.96. The Labute approximate surface area is 89.1 Å². The van der Waals surface area contributed by atoms with Crippen LogP contribution >= 0.6 is 0 Å². The molecule has 3 unspecified atom stereocenters. The summed E-state index contributed by atoms with van der Waals surface area (Å²) in [6.45, 7) is 10.4. The minimum Gasteiger partial charge on any atom is -0.311 e. The molecule has 1 heterocycles. The number of hydrogen-bond acceptors (Lipinski definition) is 2. The van der Waals surface area contributed by atoms with Crippen molar-refractivity contribution in [2.24, 2.45) is 5.92 Å². The minimum absolute atomic E-state index is 0.649. The summed E-state index contributed by atoms with van der Waals surface area (Å²) in [7, 11) is 2.23. The Bertz CT molecular complexity index is 168. The molecule has 0 bridgehead atoms. The molecule has 84 valence electrons. The van der Waals surface area contributed by atoms with Crippen LogP contribution in [0.15, 0.2) is 0 Å². The van der Waals surface area contributed by atoms with Crippen molar-refractivity contribution < 1.29 is 0 Å². The fourth-order valence-corrected chi connectivity index (χ4v) is 2.01. The lowest BCUT2D eigenvalue weighted by molar-refractivity contribution is 0.159. The van der Waals surface area contributed by atoms with Crippen LogP contribution < -0.4 is 5.32 Å². The third-order valence-electron chi connectivity index (χ3n) is 3.71. The lowest BCUT2D eigenvalue weighted by Gasteiger charge is -2.37. The van der Waals surface area contributed by atoms with E-state index < -0.39 is 0 Å². The molecule has 14 heavy (non-hydrogen) atoms. The molecular formula is C12H26N2. The normalized spacial score (nSPS) is 32.1. The van der Waals surface area contributed by atoms with Gasteiger partial charge in [-0.05, 0) is 46.2 Å². The van der Waals surface area contributed by atoms with Gasteiger partial charge in [-0.3, -0.25) is 0 Å². The largest absolute Gasteiger partial charge is 0.311 e. The first kappa shape index (κ1) is 12.0. The van der Waals surface area contributed by atoms with Gasteiger partial charge >= 0.3 is 0 Å². The van der Waals surface area contributed by atoms with Gasteiger partial charge < -0.3 is 10.2 Å². The summed E-state index contributed by atoms with van der Waals surface area (Å²) in [6.07, 6.45) is 2.60. The maximum Gasteiger partial charge on any atom is 0.00966 e. The smallest absolute Gasteiger partial charge is 0.00966 e. The van der Waals surface area contributed by atoms with E-state index >= 15 is 0 Å². The van der Waals surface area contributed by atoms with E-state index in [1.54, 1.807) is 0 Å². The second-order valence-electron chi connectivity index (χ2n) is 5.25. The van der Waals surface area contributed by atoms with Crippen molar-refractivity contribution in [3.05, 3.63) is 0 Å². The van der Waals surface area contributed by atoms with E-state index in [2.05, 4.69) is 45.0 Å². The maximum absolute atomic E-state index is 3.74. The van der Waals surface area contributed by atoms with Gasteiger partial charge in [0.05, 0.1) is 0 Å². The van der Waals surface area contributed by atoms with Gasteiger partial charge in [-0.2, -0.15) is 0 Å². The van der Waals surface area contributed by atoms with E-state index in [0.717, 1.165) is 18.0 Å². The first-order valence-electron chi connectivity index (χ1n) is 5.97. The first-order valence-corrected chi connectivity index (χ1v) is 5.97. The number of nitrogens with zero attached hydrogens (tertiary/aromatic N) is 1. The summed E-state index contributed by atoms with van der Waals surface area (Å²) >= 11 is 0. The predicted molar refractivity (Wildman–Crippen MR) is 62.5 cm³/mol. The highest BCUT2D eigenvalue weighted by molar-refractivity contribution is 4.83. The molecule has 3 atom stereocenters. The van der Waals surface area contributed by atoms with E-state index in [9.17, 15) is 0 Å². The van der Waals surface area contributed by atoms with Crippen LogP contribution in [0.4, 0.5) is 0 Å². The van der Waals surface area contributed by atoms with E-state index in [1.165, 1.54) is 19.4 Å². The van der Waals surface area contributed by atoms with Crippen molar-refractivity contribution in [1.82, 2.24) is 10.2 Å². The topological polar surface area (TPSA) is 15.3 Å². The Kier molecular flexibility index (Phi) is 4.39. The van der Waals surface area contributed by atoms with Crippen LogP contribution in [0, 0.1) is 5.92 Å². The van der Waals surface area contributed by atoms with Gasteiger partial charge in [0.25, 0.3) is 0 Å². The van der Waals surface area contributed by atoms with Gasteiger partial charge in [0.15, 0.2) is 0 Å². The Morgan fingerprint density at radius 1 is 1.29 bits per heavy atom. The van der Waals surface area contributed by atoms with Crippen molar-refractivity contribution in [2.75, 3.05) is 13.6 Å². The average Bonchev–Trinajstić information content (AvgIpc) is 2.11. The molecule has 0 spiro atoms. The van der Waals surface area contributed by atoms with Gasteiger partial charge in [-0.25, -0.2) is 0 Å². The van der Waals surface area contributed by atoms with Crippen LogP contribution in [-0.2, 0) is 0 Å². The van der Waals surface area contributed by atoms with Crippen LogP contribution in [0.5, 0.6) is 0 Å². The Balaban J connectivity index is 2.33. The van der Waals surface area contributed by atoms with E-state index in [1.807, 2.05) is 0 Å². The molecule has 1 rings (SSSR count). The Hall–Kier alpha value is -0.0800. The molecule has 0 amide bonds. The highest BCUT2D eigenvalue weighted by atomic mass is 15.1. The average molecular weight is 198 g/mol. The molecule has 0 aromatic heterocycles. The number of piperidine rings is 1. The SMILES string of the molecule is CC(C)C(C)NC1CCN(C)C(C)C1. The molecule has 1 saturated heterocycles. The molecule has 0 aromatic rings. The van der Waals surface area contributed by atoms with Gasteiger partial charge in [0, 0.05) is 18.1 Å². The predicted octanol–water partition coefficient (Wildman–Crippen LogP) is 2.10. The molecule has 0 radical (unpaired) electrons. The second-order valence-corrected chi connectivity index (χ2v) is 5.25. The van der Waals surface area contributed by atoms with Crippen molar-refractivity contribution in [3.63, 3.8) is 0 Å². The van der Waals surface area contributed by atoms with Gasteiger partial charge in [0.2, 0.25) is 0 Å². The lowest BCUT2D eigenvalue weighted by Crippen LogP contribution is -2.49. The molecule has 0 aromatic carbocycles.